The Morgan fingerprint density at radius 1 is 1.38 bits per heavy atom. The van der Waals surface area contributed by atoms with Gasteiger partial charge in [-0.2, -0.15) is 0 Å². The topological polar surface area (TPSA) is 70.8 Å². The van der Waals surface area contributed by atoms with E-state index < -0.39 is 5.60 Å². The molecule has 1 saturated heterocycles. The van der Waals surface area contributed by atoms with Crippen molar-refractivity contribution in [2.75, 3.05) is 26.3 Å². The number of hydrogen-bond donors (Lipinski definition) is 3. The minimum atomic E-state index is -0.744. The van der Waals surface area contributed by atoms with Crippen molar-refractivity contribution in [2.45, 2.75) is 31.9 Å². The maximum atomic E-state index is 10.5. The highest BCUT2D eigenvalue weighted by atomic mass is 127. The molecule has 1 aromatic rings. The molecule has 0 bridgehead atoms. The summed E-state index contributed by atoms with van der Waals surface area (Å²) in [6.45, 7) is 4.80. The van der Waals surface area contributed by atoms with Gasteiger partial charge in [-0.25, -0.2) is 4.99 Å². The number of nitrogens with one attached hydrogen (secondary N) is 2. The third-order valence-electron chi connectivity index (χ3n) is 3.97. The van der Waals surface area contributed by atoms with Crippen LogP contribution in [0.5, 0.6) is 0 Å². The second-order valence-electron chi connectivity index (χ2n) is 5.72. The highest BCUT2D eigenvalue weighted by Crippen LogP contribution is 2.25. The summed E-state index contributed by atoms with van der Waals surface area (Å²) < 4.78 is 7.10. The Bertz CT molecular complexity index is 560. The molecule has 1 aromatic heterocycles. The molecule has 1 aliphatic heterocycles. The smallest absolute Gasteiger partial charge is 0.191 e. The number of rotatable bonds is 5. The Kier molecular flexibility index (Phi) is 9.14. The van der Waals surface area contributed by atoms with Crippen LogP contribution in [-0.2, 0) is 18.3 Å². The maximum absolute atomic E-state index is 10.5. The predicted molar refractivity (Wildman–Crippen MR) is 109 cm³/mol. The fraction of sp³-hybridized carbons (Fsp3) is 0.667. The fourth-order valence-electron chi connectivity index (χ4n) is 2.42. The highest BCUT2D eigenvalue weighted by Gasteiger charge is 2.29. The van der Waals surface area contributed by atoms with Crippen molar-refractivity contribution >= 4 is 53.1 Å². The number of nitrogens with zero attached hydrogens (tertiary/aromatic N) is 2. The normalized spacial score (nSPS) is 17.3. The average molecular weight is 491 g/mol. The summed E-state index contributed by atoms with van der Waals surface area (Å²) in [6.07, 6.45) is 1.25. The van der Waals surface area contributed by atoms with Crippen LogP contribution in [-0.4, -0.2) is 47.5 Å². The van der Waals surface area contributed by atoms with Gasteiger partial charge in [-0.3, -0.25) is 0 Å². The quantitative estimate of drug-likeness (QED) is 0.337. The summed E-state index contributed by atoms with van der Waals surface area (Å²) in [5.74, 6) is 0.654. The molecule has 24 heavy (non-hydrogen) atoms. The third kappa shape index (κ3) is 5.94. The van der Waals surface area contributed by atoms with Crippen LogP contribution < -0.4 is 10.6 Å². The van der Waals surface area contributed by atoms with Crippen LogP contribution in [0.15, 0.2) is 11.1 Å². The second kappa shape index (κ2) is 10.1. The van der Waals surface area contributed by atoms with Gasteiger partial charge in [0.25, 0.3) is 0 Å². The lowest BCUT2D eigenvalue weighted by atomic mass is 9.94. The first-order valence-electron chi connectivity index (χ1n) is 7.77. The number of aliphatic hydroxyl groups is 1. The molecule has 0 radical (unpaired) electrons. The van der Waals surface area contributed by atoms with Crippen molar-refractivity contribution < 1.29 is 9.84 Å². The van der Waals surface area contributed by atoms with Gasteiger partial charge in [0.15, 0.2) is 5.96 Å². The van der Waals surface area contributed by atoms with Gasteiger partial charge < -0.3 is 25.0 Å². The van der Waals surface area contributed by atoms with Crippen LogP contribution in [0.4, 0.5) is 0 Å². The molecule has 0 atom stereocenters. The average Bonchev–Trinajstić information content (AvgIpc) is 2.78. The Morgan fingerprint density at radius 3 is 2.58 bits per heavy atom. The molecule has 0 aromatic carbocycles. The first kappa shape index (κ1) is 21.8. The van der Waals surface area contributed by atoms with Gasteiger partial charge in [-0.1, -0.05) is 23.2 Å². The molecular formula is C15H25Cl2IN4O2. The summed E-state index contributed by atoms with van der Waals surface area (Å²) in [7, 11) is 1.85. The van der Waals surface area contributed by atoms with Crippen LogP contribution >= 0.6 is 47.2 Å². The lowest BCUT2D eigenvalue weighted by molar-refractivity contribution is -0.0594. The fourth-order valence-corrected chi connectivity index (χ4v) is 2.83. The maximum Gasteiger partial charge on any atom is 0.191 e. The van der Waals surface area contributed by atoms with E-state index in [1.165, 1.54) is 0 Å². The molecule has 2 rings (SSSR count). The molecule has 9 heteroatoms. The number of guanidine groups is 1. The van der Waals surface area contributed by atoms with E-state index in [4.69, 9.17) is 27.9 Å². The molecule has 1 fully saturated rings. The predicted octanol–water partition coefficient (Wildman–Crippen LogP) is 2.55. The molecule has 3 N–H and O–H groups in total. The summed E-state index contributed by atoms with van der Waals surface area (Å²) in [5, 5.41) is 17.9. The van der Waals surface area contributed by atoms with Crippen molar-refractivity contribution in [1.29, 1.82) is 0 Å². The van der Waals surface area contributed by atoms with Crippen LogP contribution in [0.1, 0.15) is 25.5 Å². The summed E-state index contributed by atoms with van der Waals surface area (Å²) in [6, 6.07) is 1.81. The SMILES string of the molecule is CCNC(=NCc1cc(Cl)c(Cl)n1C)NCC1(O)CCOCC1.I. The molecule has 0 aliphatic carbocycles. The summed E-state index contributed by atoms with van der Waals surface area (Å²) >= 11 is 12.1. The standard InChI is InChI=1S/C15H24Cl2N4O2.HI/c1-3-18-14(20-10-15(22)4-6-23-7-5-15)19-9-11-8-12(16)13(17)21(11)2;/h8,22H,3-7,9-10H2,1-2H3,(H2,18,19,20);1H. The van der Waals surface area contributed by atoms with Crippen LogP contribution in [0, 0.1) is 0 Å². The Morgan fingerprint density at radius 2 is 2.04 bits per heavy atom. The van der Waals surface area contributed by atoms with E-state index in [9.17, 15) is 5.11 Å². The lowest BCUT2D eigenvalue weighted by Gasteiger charge is -2.32. The molecule has 6 nitrogen and oxygen atoms in total. The second-order valence-corrected chi connectivity index (χ2v) is 6.48. The zero-order chi connectivity index (χ0) is 16.9. The molecule has 0 saturated carbocycles. The lowest BCUT2D eigenvalue weighted by Crippen LogP contribution is -2.49. The highest BCUT2D eigenvalue weighted by molar-refractivity contribution is 14.0. The van der Waals surface area contributed by atoms with Gasteiger partial charge in [-0.05, 0) is 13.0 Å². The molecule has 0 amide bonds. The monoisotopic (exact) mass is 490 g/mol. The number of ether oxygens (including phenoxy) is 1. The first-order valence-corrected chi connectivity index (χ1v) is 8.52. The van der Waals surface area contributed by atoms with Crippen molar-refractivity contribution in [3.63, 3.8) is 0 Å². The number of hydrogen-bond acceptors (Lipinski definition) is 3. The number of halogens is 3. The van der Waals surface area contributed by atoms with E-state index in [0.29, 0.717) is 55.3 Å². The molecule has 0 spiro atoms. The van der Waals surface area contributed by atoms with E-state index in [0.717, 1.165) is 12.2 Å². The van der Waals surface area contributed by atoms with Gasteiger partial charge in [0.2, 0.25) is 0 Å². The van der Waals surface area contributed by atoms with Crippen molar-refractivity contribution in [3.8, 4) is 0 Å². The van der Waals surface area contributed by atoms with E-state index in [1.54, 1.807) is 0 Å². The Labute approximate surface area is 170 Å². The van der Waals surface area contributed by atoms with E-state index in [1.807, 2.05) is 24.6 Å². The molecule has 138 valence electrons. The zero-order valence-electron chi connectivity index (χ0n) is 13.9. The zero-order valence-corrected chi connectivity index (χ0v) is 17.8. The first-order chi connectivity index (χ1) is 10.9. The third-order valence-corrected chi connectivity index (χ3v) is 4.81. The van der Waals surface area contributed by atoms with E-state index >= 15 is 0 Å². The minimum absolute atomic E-state index is 0. The Balaban J connectivity index is 0.00000288. The molecular weight excluding hydrogens is 466 g/mol. The molecule has 1 aliphatic rings. The van der Waals surface area contributed by atoms with Gasteiger partial charge in [0.1, 0.15) is 5.15 Å². The largest absolute Gasteiger partial charge is 0.388 e. The van der Waals surface area contributed by atoms with Gasteiger partial charge >= 0.3 is 0 Å². The van der Waals surface area contributed by atoms with Gasteiger partial charge in [0, 0.05) is 51.9 Å². The van der Waals surface area contributed by atoms with Crippen molar-refractivity contribution in [3.05, 3.63) is 21.9 Å². The van der Waals surface area contributed by atoms with Crippen LogP contribution in [0.3, 0.4) is 0 Å². The molecule has 0 unspecified atom stereocenters. The van der Waals surface area contributed by atoms with Gasteiger partial charge in [-0.15, -0.1) is 24.0 Å². The number of aromatic nitrogens is 1. The Hall–Kier alpha value is -0.220. The summed E-state index contributed by atoms with van der Waals surface area (Å²) in [5.41, 5.74) is 0.174. The van der Waals surface area contributed by atoms with Gasteiger partial charge in [0.05, 0.1) is 17.2 Å². The van der Waals surface area contributed by atoms with Crippen molar-refractivity contribution in [1.82, 2.24) is 15.2 Å². The number of aliphatic imine (C=N–C) groups is 1. The van der Waals surface area contributed by atoms with Crippen LogP contribution in [0.2, 0.25) is 10.2 Å². The summed E-state index contributed by atoms with van der Waals surface area (Å²) in [4.78, 5) is 4.53. The molecule has 2 heterocycles. The van der Waals surface area contributed by atoms with Crippen LogP contribution in [0.25, 0.3) is 0 Å². The van der Waals surface area contributed by atoms with E-state index in [2.05, 4.69) is 15.6 Å². The van der Waals surface area contributed by atoms with Crippen molar-refractivity contribution in [2.24, 2.45) is 12.0 Å². The minimum Gasteiger partial charge on any atom is -0.388 e. The van der Waals surface area contributed by atoms with E-state index in [-0.39, 0.29) is 24.0 Å².